The zero-order chi connectivity index (χ0) is 33.9. The van der Waals surface area contributed by atoms with E-state index in [1.54, 1.807) is 29.4 Å². The van der Waals surface area contributed by atoms with Gasteiger partial charge in [0.1, 0.15) is 12.4 Å². The number of aryl methyl sites for hydroxylation is 2. The first-order valence-corrected chi connectivity index (χ1v) is 17.3. The largest absolute Gasteiger partial charge is 0.487 e. The molecular formula is C35H42N6O5S. The van der Waals surface area contributed by atoms with Crippen LogP contribution in [0.25, 0.3) is 11.3 Å². The zero-order valence-electron chi connectivity index (χ0n) is 27.9. The molecule has 2 unspecified atom stereocenters. The molecule has 0 aliphatic carbocycles. The number of rotatable bonds is 8. The van der Waals surface area contributed by atoms with Crippen molar-refractivity contribution in [2.75, 3.05) is 11.3 Å². The SMILES string of the molecule is CCC(C)Oc1cnc(CN2C(=O)c3cccc(c3)S(=O)(=O)Nc3nc(c(C)c(-c4c(C)cccc4C)n3)OCC2CC(C)C)nc1. The van der Waals surface area contributed by atoms with Gasteiger partial charge in [-0.05, 0) is 75.8 Å². The van der Waals surface area contributed by atoms with Gasteiger partial charge in [-0.1, -0.05) is 45.0 Å². The van der Waals surface area contributed by atoms with E-state index >= 15 is 0 Å². The Morgan fingerprint density at radius 2 is 1.70 bits per heavy atom. The molecule has 2 aromatic carbocycles. The molecule has 47 heavy (non-hydrogen) atoms. The van der Waals surface area contributed by atoms with E-state index in [0.29, 0.717) is 29.3 Å². The number of fused-ring (bicyclic) bond motifs is 4. The minimum atomic E-state index is -4.18. The number of carbonyl (C=O) groups excluding carboxylic acids is 1. The van der Waals surface area contributed by atoms with E-state index in [1.165, 1.54) is 12.1 Å². The van der Waals surface area contributed by atoms with Gasteiger partial charge in [-0.15, -0.1) is 0 Å². The number of hydrogen-bond donors (Lipinski definition) is 1. The summed E-state index contributed by atoms with van der Waals surface area (Å²) >= 11 is 0. The summed E-state index contributed by atoms with van der Waals surface area (Å²) in [6, 6.07) is 11.5. The number of anilines is 1. The molecule has 248 valence electrons. The van der Waals surface area contributed by atoms with Crippen LogP contribution in [0.4, 0.5) is 5.95 Å². The molecule has 5 rings (SSSR count). The standard InChI is InChI=1S/C35H42N6O5S/c1-8-24(6)46-28-17-36-30(37-18-28)19-41-27(15-21(2)3)20-45-33-25(7)32(31-22(4)11-9-12-23(31)5)38-35(39-33)40-47(43,44)29-14-10-13-26(16-29)34(41)42/h9-14,16-18,21,24,27H,8,15,19-20H2,1-7H3,(H,38,39,40). The molecule has 3 heterocycles. The third-order valence-corrected chi connectivity index (χ3v) is 9.52. The molecule has 0 saturated carbocycles. The Balaban J connectivity index is 1.63. The zero-order valence-corrected chi connectivity index (χ0v) is 28.8. The molecule has 2 atom stereocenters. The van der Waals surface area contributed by atoms with Gasteiger partial charge in [-0.2, -0.15) is 4.98 Å². The highest BCUT2D eigenvalue weighted by atomic mass is 32.2. The summed E-state index contributed by atoms with van der Waals surface area (Å²) in [5.74, 6) is 0.889. The monoisotopic (exact) mass is 658 g/mol. The van der Waals surface area contributed by atoms with E-state index in [2.05, 4.69) is 38.5 Å². The van der Waals surface area contributed by atoms with Gasteiger partial charge in [0.2, 0.25) is 11.8 Å². The predicted molar refractivity (Wildman–Crippen MR) is 180 cm³/mol. The maximum atomic E-state index is 14.3. The number of carbonyl (C=O) groups is 1. The molecule has 11 nitrogen and oxygen atoms in total. The van der Waals surface area contributed by atoms with E-state index in [1.807, 2.05) is 52.8 Å². The molecule has 1 aliphatic heterocycles. The van der Waals surface area contributed by atoms with Crippen LogP contribution < -0.4 is 14.2 Å². The van der Waals surface area contributed by atoms with Crippen LogP contribution in [0.5, 0.6) is 11.6 Å². The summed E-state index contributed by atoms with van der Waals surface area (Å²) in [7, 11) is -4.18. The van der Waals surface area contributed by atoms with Gasteiger partial charge in [0, 0.05) is 16.7 Å². The molecule has 1 amide bonds. The van der Waals surface area contributed by atoms with Crippen molar-refractivity contribution in [2.24, 2.45) is 5.92 Å². The number of benzene rings is 2. The van der Waals surface area contributed by atoms with Crippen LogP contribution in [0, 0.1) is 26.7 Å². The molecule has 0 saturated heterocycles. The van der Waals surface area contributed by atoms with Gasteiger partial charge in [0.15, 0.2) is 5.75 Å². The topological polar surface area (TPSA) is 136 Å². The van der Waals surface area contributed by atoms with Gasteiger partial charge >= 0.3 is 0 Å². The number of ether oxygens (including phenoxy) is 2. The quantitative estimate of drug-likeness (QED) is 0.232. The van der Waals surface area contributed by atoms with E-state index in [4.69, 9.17) is 9.47 Å². The molecule has 2 aromatic heterocycles. The van der Waals surface area contributed by atoms with Gasteiger partial charge in [0.05, 0.1) is 41.7 Å². The average molecular weight is 659 g/mol. The fourth-order valence-corrected chi connectivity index (χ4v) is 6.57. The summed E-state index contributed by atoms with van der Waals surface area (Å²) in [5.41, 5.74) is 4.25. The third-order valence-electron chi connectivity index (χ3n) is 8.20. The second-order valence-electron chi connectivity index (χ2n) is 12.4. The number of nitrogens with one attached hydrogen (secondary N) is 1. The summed E-state index contributed by atoms with van der Waals surface area (Å²) in [5, 5.41) is 0. The second kappa shape index (κ2) is 14.0. The predicted octanol–water partition coefficient (Wildman–Crippen LogP) is 6.29. The Kier molecular flexibility index (Phi) is 10.1. The molecule has 12 heteroatoms. The summed E-state index contributed by atoms with van der Waals surface area (Å²) in [4.78, 5) is 34.1. The number of hydrogen-bond acceptors (Lipinski definition) is 9. The van der Waals surface area contributed by atoms with Gasteiger partial charge in [0.25, 0.3) is 15.9 Å². The van der Waals surface area contributed by atoms with Crippen molar-refractivity contribution in [3.05, 3.63) is 82.9 Å². The normalized spacial score (nSPS) is 16.7. The number of sulfonamides is 1. The van der Waals surface area contributed by atoms with Crippen molar-refractivity contribution in [1.82, 2.24) is 24.8 Å². The molecule has 0 radical (unpaired) electrons. The van der Waals surface area contributed by atoms with Gasteiger partial charge in [-0.3, -0.25) is 4.79 Å². The highest BCUT2D eigenvalue weighted by Crippen LogP contribution is 2.34. The van der Waals surface area contributed by atoms with Crippen LogP contribution in [0.3, 0.4) is 0 Å². The number of nitrogens with zero attached hydrogens (tertiary/aromatic N) is 5. The van der Waals surface area contributed by atoms with E-state index in [0.717, 1.165) is 23.1 Å². The minimum Gasteiger partial charge on any atom is -0.487 e. The van der Waals surface area contributed by atoms with Gasteiger partial charge in [-0.25, -0.2) is 28.1 Å². The molecular weight excluding hydrogens is 616 g/mol. The highest BCUT2D eigenvalue weighted by Gasteiger charge is 2.30. The van der Waals surface area contributed by atoms with E-state index < -0.39 is 16.1 Å². The molecule has 0 fully saturated rings. The maximum Gasteiger partial charge on any atom is 0.264 e. The second-order valence-corrected chi connectivity index (χ2v) is 14.1. The van der Waals surface area contributed by atoms with Gasteiger partial charge < -0.3 is 14.4 Å². The lowest BCUT2D eigenvalue weighted by Gasteiger charge is -2.32. The Bertz CT molecular complexity index is 1840. The first-order valence-electron chi connectivity index (χ1n) is 15.9. The molecule has 4 aromatic rings. The summed E-state index contributed by atoms with van der Waals surface area (Å²) in [6.45, 7) is 14.1. The Morgan fingerprint density at radius 3 is 2.36 bits per heavy atom. The van der Waals surface area contributed by atoms with Crippen LogP contribution >= 0.6 is 0 Å². The molecule has 0 spiro atoms. The van der Waals surface area contributed by atoms with Crippen LogP contribution in [-0.4, -0.2) is 57.9 Å². The lowest BCUT2D eigenvalue weighted by molar-refractivity contribution is 0.0545. The van der Waals surface area contributed by atoms with E-state index in [-0.39, 0.29) is 53.4 Å². The van der Waals surface area contributed by atoms with Crippen molar-refractivity contribution in [3.8, 4) is 22.9 Å². The van der Waals surface area contributed by atoms with Crippen molar-refractivity contribution in [2.45, 2.75) is 84.9 Å². The minimum absolute atomic E-state index is 0.0109. The lowest BCUT2D eigenvalue weighted by Crippen LogP contribution is -2.44. The van der Waals surface area contributed by atoms with Crippen molar-refractivity contribution < 1.29 is 22.7 Å². The molecule has 1 N–H and O–H groups in total. The highest BCUT2D eigenvalue weighted by molar-refractivity contribution is 7.92. The third kappa shape index (κ3) is 7.70. The number of amides is 1. The Hall–Kier alpha value is -4.58. The average Bonchev–Trinajstić information content (AvgIpc) is 3.03. The lowest BCUT2D eigenvalue weighted by atomic mass is 9.97. The van der Waals surface area contributed by atoms with Crippen molar-refractivity contribution >= 4 is 21.9 Å². The molecule has 1 aliphatic rings. The Morgan fingerprint density at radius 1 is 1.02 bits per heavy atom. The van der Waals surface area contributed by atoms with Crippen LogP contribution in [0.15, 0.2) is 59.8 Å². The first kappa shape index (κ1) is 33.8. The summed E-state index contributed by atoms with van der Waals surface area (Å²) < 4.78 is 42.1. The number of aromatic nitrogens is 4. The van der Waals surface area contributed by atoms with Crippen LogP contribution in [-0.2, 0) is 16.6 Å². The van der Waals surface area contributed by atoms with Crippen molar-refractivity contribution in [3.63, 3.8) is 0 Å². The summed E-state index contributed by atoms with van der Waals surface area (Å²) in [6.07, 6.45) is 4.65. The van der Waals surface area contributed by atoms with Crippen molar-refractivity contribution in [1.29, 1.82) is 0 Å². The molecule has 4 bridgehead atoms. The first-order chi connectivity index (χ1) is 22.4. The van der Waals surface area contributed by atoms with Crippen LogP contribution in [0.1, 0.15) is 73.4 Å². The fourth-order valence-electron chi connectivity index (χ4n) is 5.58. The fraction of sp³-hybridized carbons (Fsp3) is 0.400. The maximum absolute atomic E-state index is 14.3. The van der Waals surface area contributed by atoms with Crippen LogP contribution in [0.2, 0.25) is 0 Å². The Labute approximate surface area is 276 Å². The van der Waals surface area contributed by atoms with E-state index in [9.17, 15) is 13.2 Å². The smallest absolute Gasteiger partial charge is 0.264 e.